The third-order valence-corrected chi connectivity index (χ3v) is 2.84. The zero-order chi connectivity index (χ0) is 11.1. The highest BCUT2D eigenvalue weighted by Gasteiger charge is 2.05. The van der Waals surface area contributed by atoms with Gasteiger partial charge in [-0.2, -0.15) is 11.8 Å². The summed E-state index contributed by atoms with van der Waals surface area (Å²) in [6.45, 7) is 2.05. The zero-order valence-electron chi connectivity index (χ0n) is 9.19. The Morgan fingerprint density at radius 3 is 2.60 bits per heavy atom. The topological polar surface area (TPSA) is 29.1 Å². The highest BCUT2D eigenvalue weighted by atomic mass is 32.2. The lowest BCUT2D eigenvalue weighted by Gasteiger charge is -2.13. The quantitative estimate of drug-likeness (QED) is 0.752. The van der Waals surface area contributed by atoms with Crippen LogP contribution in [0.4, 0.5) is 5.69 Å². The molecule has 1 aromatic carbocycles. The Morgan fingerprint density at radius 1 is 1.40 bits per heavy atom. The summed E-state index contributed by atoms with van der Waals surface area (Å²) in [7, 11) is 0. The Balaban J connectivity index is 2.50. The fourth-order valence-corrected chi connectivity index (χ4v) is 1.77. The lowest BCUT2D eigenvalue weighted by Crippen LogP contribution is -2.21. The maximum Gasteiger partial charge on any atom is 0.142 e. The Bertz CT molecular complexity index is 297. The maximum absolute atomic E-state index is 10.8. The first-order chi connectivity index (χ1) is 7.26. The van der Waals surface area contributed by atoms with Crippen molar-refractivity contribution in [1.29, 1.82) is 0 Å². The van der Waals surface area contributed by atoms with Gasteiger partial charge in [0.1, 0.15) is 6.29 Å². The van der Waals surface area contributed by atoms with Crippen molar-refractivity contribution in [3.8, 4) is 0 Å². The molecule has 1 rings (SSSR count). The van der Waals surface area contributed by atoms with E-state index in [9.17, 15) is 4.79 Å². The summed E-state index contributed by atoms with van der Waals surface area (Å²) in [5.74, 6) is 1.00. The van der Waals surface area contributed by atoms with Gasteiger partial charge in [-0.3, -0.25) is 0 Å². The van der Waals surface area contributed by atoms with E-state index in [2.05, 4.69) is 12.2 Å². The molecule has 0 radical (unpaired) electrons. The summed E-state index contributed by atoms with van der Waals surface area (Å²) in [4.78, 5) is 10.8. The van der Waals surface area contributed by atoms with E-state index in [4.69, 9.17) is 0 Å². The number of benzene rings is 1. The molecule has 0 unspecified atom stereocenters. The average molecular weight is 223 g/mol. The van der Waals surface area contributed by atoms with E-state index < -0.39 is 0 Å². The first-order valence-corrected chi connectivity index (χ1v) is 6.43. The highest BCUT2D eigenvalue weighted by molar-refractivity contribution is 7.98. The van der Waals surface area contributed by atoms with Crippen molar-refractivity contribution in [2.24, 2.45) is 0 Å². The molecule has 0 saturated carbocycles. The van der Waals surface area contributed by atoms with Crippen LogP contribution in [0, 0.1) is 6.92 Å². The van der Waals surface area contributed by atoms with Crippen LogP contribution in [0.2, 0.25) is 0 Å². The Kier molecular flexibility index (Phi) is 5.26. The van der Waals surface area contributed by atoms with Gasteiger partial charge in [-0.1, -0.05) is 17.7 Å². The van der Waals surface area contributed by atoms with E-state index in [-0.39, 0.29) is 6.04 Å². The van der Waals surface area contributed by atoms with E-state index in [1.165, 1.54) is 5.56 Å². The van der Waals surface area contributed by atoms with Gasteiger partial charge in [-0.25, -0.2) is 0 Å². The van der Waals surface area contributed by atoms with E-state index in [1.807, 2.05) is 30.5 Å². The summed E-state index contributed by atoms with van der Waals surface area (Å²) in [6, 6.07) is 8.02. The number of rotatable bonds is 6. The smallest absolute Gasteiger partial charge is 0.142 e. The van der Waals surface area contributed by atoms with E-state index in [0.29, 0.717) is 0 Å². The Morgan fingerprint density at radius 2 is 2.07 bits per heavy atom. The van der Waals surface area contributed by atoms with Gasteiger partial charge < -0.3 is 10.1 Å². The predicted octanol–water partition coefficient (Wildman–Crippen LogP) is 2.73. The van der Waals surface area contributed by atoms with Crippen molar-refractivity contribution in [2.45, 2.75) is 19.4 Å². The molecule has 1 atom stereocenters. The second-order valence-electron chi connectivity index (χ2n) is 3.53. The molecule has 0 saturated heterocycles. The van der Waals surface area contributed by atoms with Crippen molar-refractivity contribution in [2.75, 3.05) is 17.3 Å². The molecular weight excluding hydrogens is 206 g/mol. The van der Waals surface area contributed by atoms with Crippen LogP contribution >= 0.6 is 11.8 Å². The van der Waals surface area contributed by atoms with Crippen LogP contribution < -0.4 is 5.32 Å². The van der Waals surface area contributed by atoms with Crippen LogP contribution in [0.1, 0.15) is 12.0 Å². The number of hydrogen-bond donors (Lipinski definition) is 1. The van der Waals surface area contributed by atoms with Crippen LogP contribution in [0.5, 0.6) is 0 Å². The number of nitrogens with one attached hydrogen (secondary N) is 1. The molecule has 0 spiro atoms. The van der Waals surface area contributed by atoms with Crippen molar-refractivity contribution in [1.82, 2.24) is 0 Å². The van der Waals surface area contributed by atoms with Gasteiger partial charge in [0.05, 0.1) is 6.04 Å². The molecule has 0 amide bonds. The second kappa shape index (κ2) is 6.51. The van der Waals surface area contributed by atoms with Crippen molar-refractivity contribution >= 4 is 23.7 Å². The van der Waals surface area contributed by atoms with Crippen LogP contribution in [-0.4, -0.2) is 24.3 Å². The van der Waals surface area contributed by atoms with E-state index >= 15 is 0 Å². The molecule has 0 fully saturated rings. The van der Waals surface area contributed by atoms with Crippen LogP contribution in [0.25, 0.3) is 0 Å². The first kappa shape index (κ1) is 12.1. The third kappa shape index (κ3) is 4.38. The number of aldehydes is 1. The molecule has 15 heavy (non-hydrogen) atoms. The van der Waals surface area contributed by atoms with Gasteiger partial charge >= 0.3 is 0 Å². The van der Waals surface area contributed by atoms with Crippen LogP contribution in [0.3, 0.4) is 0 Å². The summed E-state index contributed by atoms with van der Waals surface area (Å²) in [5.41, 5.74) is 2.24. The number of aryl methyl sites for hydroxylation is 1. The van der Waals surface area contributed by atoms with Crippen LogP contribution in [0.15, 0.2) is 24.3 Å². The first-order valence-electron chi connectivity index (χ1n) is 5.03. The standard InChI is InChI=1S/C12H17NOS/c1-10-3-5-11(6-4-10)13-12(9-14)7-8-15-2/h3-6,9,12-13H,7-8H2,1-2H3/t12-/m1/s1. The molecule has 1 aromatic rings. The van der Waals surface area contributed by atoms with Crippen molar-refractivity contribution < 1.29 is 4.79 Å². The monoisotopic (exact) mass is 223 g/mol. The van der Waals surface area contributed by atoms with Gasteiger partial charge in [-0.05, 0) is 37.5 Å². The summed E-state index contributed by atoms with van der Waals surface area (Å²) < 4.78 is 0. The molecule has 0 aromatic heterocycles. The van der Waals surface area contributed by atoms with E-state index in [0.717, 1.165) is 24.1 Å². The normalized spacial score (nSPS) is 12.1. The molecule has 82 valence electrons. The molecule has 1 N–H and O–H groups in total. The molecule has 3 heteroatoms. The molecule has 0 aliphatic heterocycles. The largest absolute Gasteiger partial charge is 0.376 e. The lowest BCUT2D eigenvalue weighted by molar-refractivity contribution is -0.108. The third-order valence-electron chi connectivity index (χ3n) is 2.20. The van der Waals surface area contributed by atoms with Gasteiger partial charge in [0.25, 0.3) is 0 Å². The minimum absolute atomic E-state index is 0.0693. The highest BCUT2D eigenvalue weighted by Crippen LogP contribution is 2.11. The fraction of sp³-hybridized carbons (Fsp3) is 0.417. The summed E-state index contributed by atoms with van der Waals surface area (Å²) in [6.07, 6.45) is 3.91. The van der Waals surface area contributed by atoms with Crippen molar-refractivity contribution in [3.63, 3.8) is 0 Å². The molecule has 0 aliphatic carbocycles. The molecule has 0 bridgehead atoms. The molecular formula is C12H17NOS. The van der Waals surface area contributed by atoms with Gasteiger partial charge in [0.15, 0.2) is 0 Å². The van der Waals surface area contributed by atoms with Gasteiger partial charge in [0.2, 0.25) is 0 Å². The average Bonchev–Trinajstić information content (AvgIpc) is 2.27. The summed E-state index contributed by atoms with van der Waals surface area (Å²) in [5, 5.41) is 3.21. The molecule has 0 heterocycles. The molecule has 2 nitrogen and oxygen atoms in total. The van der Waals surface area contributed by atoms with Gasteiger partial charge in [0, 0.05) is 5.69 Å². The number of hydrogen-bond acceptors (Lipinski definition) is 3. The number of carbonyl (C=O) groups is 1. The fourth-order valence-electron chi connectivity index (χ4n) is 1.28. The maximum atomic E-state index is 10.8. The number of thioether (sulfide) groups is 1. The van der Waals surface area contributed by atoms with Crippen molar-refractivity contribution in [3.05, 3.63) is 29.8 Å². The predicted molar refractivity (Wildman–Crippen MR) is 67.7 cm³/mol. The second-order valence-corrected chi connectivity index (χ2v) is 4.52. The van der Waals surface area contributed by atoms with Crippen LogP contribution in [-0.2, 0) is 4.79 Å². The zero-order valence-corrected chi connectivity index (χ0v) is 10.0. The summed E-state index contributed by atoms with van der Waals surface area (Å²) >= 11 is 1.76. The number of anilines is 1. The van der Waals surface area contributed by atoms with Gasteiger partial charge in [-0.15, -0.1) is 0 Å². The minimum Gasteiger partial charge on any atom is -0.376 e. The SMILES string of the molecule is CSCC[C@H](C=O)Nc1ccc(C)cc1. The Labute approximate surface area is 95.5 Å². The minimum atomic E-state index is -0.0693. The van der Waals surface area contributed by atoms with E-state index in [1.54, 1.807) is 11.8 Å². The Hall–Kier alpha value is -0.960. The molecule has 0 aliphatic rings. The lowest BCUT2D eigenvalue weighted by atomic mass is 10.2. The number of carbonyl (C=O) groups excluding carboxylic acids is 1.